The van der Waals surface area contributed by atoms with Crippen LogP contribution in [-0.4, -0.2) is 0 Å². The lowest BCUT2D eigenvalue weighted by molar-refractivity contribution is 0.342. The van der Waals surface area contributed by atoms with Crippen molar-refractivity contribution in [1.82, 2.24) is 0 Å². The van der Waals surface area contributed by atoms with Crippen LogP contribution in [0.2, 0.25) is 0 Å². The predicted molar refractivity (Wildman–Crippen MR) is 71.1 cm³/mol. The van der Waals surface area contributed by atoms with E-state index in [0.29, 0.717) is 0 Å². The van der Waals surface area contributed by atoms with Crippen molar-refractivity contribution in [3.8, 4) is 0 Å². The van der Waals surface area contributed by atoms with Crippen molar-refractivity contribution >= 4 is 0 Å². The van der Waals surface area contributed by atoms with Crippen LogP contribution < -0.4 is 5.73 Å². The highest BCUT2D eigenvalue weighted by Gasteiger charge is 2.29. The fraction of sp³-hybridized carbons (Fsp3) is 0.600. The van der Waals surface area contributed by atoms with E-state index in [9.17, 15) is 22.0 Å². The van der Waals surface area contributed by atoms with Gasteiger partial charge >= 0.3 is 0 Å². The molecule has 0 fully saturated rings. The molecule has 0 aliphatic rings. The Kier molecular flexibility index (Phi) is 6.58. The molecule has 0 aliphatic carbocycles. The third-order valence-corrected chi connectivity index (χ3v) is 3.75. The second-order valence-electron chi connectivity index (χ2n) is 5.24. The van der Waals surface area contributed by atoms with Crippen molar-refractivity contribution in [2.75, 3.05) is 0 Å². The molecule has 2 N–H and O–H groups in total. The van der Waals surface area contributed by atoms with E-state index in [2.05, 4.69) is 0 Å². The molecule has 21 heavy (non-hydrogen) atoms. The molecule has 0 radical (unpaired) electrons. The molecule has 1 nitrogen and oxygen atoms in total. The zero-order valence-corrected chi connectivity index (χ0v) is 12.2. The number of hydrogen-bond acceptors (Lipinski definition) is 1. The van der Waals surface area contributed by atoms with Gasteiger partial charge in [-0.05, 0) is 12.3 Å². The normalized spacial score (nSPS) is 14.3. The first-order valence-corrected chi connectivity index (χ1v) is 7.11. The minimum atomic E-state index is -2.15. The van der Waals surface area contributed by atoms with Crippen molar-refractivity contribution in [2.24, 2.45) is 11.7 Å². The summed E-state index contributed by atoms with van der Waals surface area (Å²) in [5.41, 5.74) is 4.78. The molecular formula is C15H20F5N. The van der Waals surface area contributed by atoms with Crippen molar-refractivity contribution in [1.29, 1.82) is 0 Å². The molecule has 0 aromatic heterocycles. The monoisotopic (exact) mass is 309 g/mol. The van der Waals surface area contributed by atoms with Crippen LogP contribution in [0.15, 0.2) is 0 Å². The summed E-state index contributed by atoms with van der Waals surface area (Å²) in [6.07, 6.45) is 3.64. The highest BCUT2D eigenvalue weighted by Crippen LogP contribution is 2.31. The Morgan fingerprint density at radius 1 is 0.857 bits per heavy atom. The van der Waals surface area contributed by atoms with Crippen LogP contribution in [0.25, 0.3) is 0 Å². The van der Waals surface area contributed by atoms with Crippen molar-refractivity contribution in [3.05, 3.63) is 34.6 Å². The number of unbranched alkanes of at least 4 members (excludes halogenated alkanes) is 1. The summed E-state index contributed by atoms with van der Waals surface area (Å²) in [6.45, 7) is 3.92. The highest BCUT2D eigenvalue weighted by molar-refractivity contribution is 5.26. The predicted octanol–water partition coefficient (Wildman–Crippen LogP) is 4.99. The molecule has 0 spiro atoms. The average Bonchev–Trinajstić information content (AvgIpc) is 2.47. The molecular weight excluding hydrogens is 289 g/mol. The summed E-state index contributed by atoms with van der Waals surface area (Å²) >= 11 is 0. The summed E-state index contributed by atoms with van der Waals surface area (Å²) in [4.78, 5) is 0. The van der Waals surface area contributed by atoms with Gasteiger partial charge in [-0.25, -0.2) is 22.0 Å². The third kappa shape index (κ3) is 3.93. The fourth-order valence-electron chi connectivity index (χ4n) is 2.41. The maximum absolute atomic E-state index is 13.7. The molecule has 0 saturated heterocycles. The van der Waals surface area contributed by atoms with Crippen molar-refractivity contribution < 1.29 is 22.0 Å². The van der Waals surface area contributed by atoms with Crippen LogP contribution in [-0.2, 0) is 0 Å². The van der Waals surface area contributed by atoms with Crippen LogP contribution in [0.4, 0.5) is 22.0 Å². The topological polar surface area (TPSA) is 26.0 Å². The quantitative estimate of drug-likeness (QED) is 0.429. The Labute approximate surface area is 121 Å². The van der Waals surface area contributed by atoms with Gasteiger partial charge in [0.25, 0.3) is 0 Å². The van der Waals surface area contributed by atoms with E-state index in [1.807, 2.05) is 13.8 Å². The van der Waals surface area contributed by atoms with Crippen LogP contribution in [0.3, 0.4) is 0 Å². The summed E-state index contributed by atoms with van der Waals surface area (Å²) in [6, 6.07) is -1.21. The lowest BCUT2D eigenvalue weighted by Gasteiger charge is -2.21. The molecule has 0 saturated carbocycles. The van der Waals surface area contributed by atoms with E-state index in [0.717, 1.165) is 25.7 Å². The number of rotatable bonds is 7. The SMILES string of the molecule is CCCCC(CC)CC(N)c1c(F)c(F)c(F)c(F)c1F. The second-order valence-corrected chi connectivity index (χ2v) is 5.24. The molecule has 6 heteroatoms. The Balaban J connectivity index is 3.04. The number of hydrogen-bond donors (Lipinski definition) is 1. The van der Waals surface area contributed by atoms with Crippen LogP contribution in [0.1, 0.15) is 57.6 Å². The molecule has 120 valence electrons. The number of halogens is 5. The Bertz CT molecular complexity index is 460. The van der Waals surface area contributed by atoms with Gasteiger partial charge in [-0.1, -0.05) is 39.5 Å². The molecule has 1 aromatic carbocycles. The van der Waals surface area contributed by atoms with E-state index in [4.69, 9.17) is 5.73 Å². The van der Waals surface area contributed by atoms with Gasteiger partial charge < -0.3 is 5.73 Å². The van der Waals surface area contributed by atoms with E-state index in [-0.39, 0.29) is 12.3 Å². The standard InChI is InChI=1S/C15H20F5N/c1-3-5-6-8(4-2)7-9(21)10-11(16)13(18)15(20)14(19)12(10)17/h8-9H,3-7,21H2,1-2H3. The first kappa shape index (κ1) is 17.9. The first-order valence-electron chi connectivity index (χ1n) is 7.11. The van der Waals surface area contributed by atoms with Gasteiger partial charge in [0.05, 0.1) is 0 Å². The average molecular weight is 309 g/mol. The van der Waals surface area contributed by atoms with Crippen LogP contribution in [0.5, 0.6) is 0 Å². The van der Waals surface area contributed by atoms with E-state index < -0.39 is 40.7 Å². The van der Waals surface area contributed by atoms with E-state index in [1.54, 1.807) is 0 Å². The summed E-state index contributed by atoms with van der Waals surface area (Å²) < 4.78 is 66.6. The third-order valence-electron chi connectivity index (χ3n) is 3.75. The fourth-order valence-corrected chi connectivity index (χ4v) is 2.41. The zero-order valence-electron chi connectivity index (χ0n) is 12.2. The second kappa shape index (κ2) is 7.73. The van der Waals surface area contributed by atoms with Gasteiger partial charge in [-0.15, -0.1) is 0 Å². The molecule has 0 heterocycles. The summed E-state index contributed by atoms with van der Waals surface area (Å²) in [7, 11) is 0. The summed E-state index contributed by atoms with van der Waals surface area (Å²) in [5, 5.41) is 0. The largest absolute Gasteiger partial charge is 0.324 e. The van der Waals surface area contributed by atoms with Crippen molar-refractivity contribution in [2.45, 2.75) is 52.0 Å². The Morgan fingerprint density at radius 2 is 1.33 bits per heavy atom. The Hall–Kier alpha value is -1.17. The lowest BCUT2D eigenvalue weighted by Crippen LogP contribution is -2.20. The van der Waals surface area contributed by atoms with Gasteiger partial charge in [0, 0.05) is 11.6 Å². The van der Waals surface area contributed by atoms with Gasteiger partial charge in [-0.2, -0.15) is 0 Å². The minimum Gasteiger partial charge on any atom is -0.324 e. The van der Waals surface area contributed by atoms with Crippen molar-refractivity contribution in [3.63, 3.8) is 0 Å². The summed E-state index contributed by atoms with van der Waals surface area (Å²) in [5.74, 6) is -9.61. The first-order chi connectivity index (χ1) is 9.84. The number of benzene rings is 1. The minimum absolute atomic E-state index is 0.0925. The molecule has 2 atom stereocenters. The molecule has 0 bridgehead atoms. The smallest absolute Gasteiger partial charge is 0.200 e. The van der Waals surface area contributed by atoms with Crippen LogP contribution in [0, 0.1) is 35.0 Å². The highest BCUT2D eigenvalue weighted by atomic mass is 19.2. The maximum Gasteiger partial charge on any atom is 0.200 e. The van der Waals surface area contributed by atoms with Gasteiger partial charge in [0.15, 0.2) is 23.3 Å². The Morgan fingerprint density at radius 3 is 1.76 bits per heavy atom. The lowest BCUT2D eigenvalue weighted by atomic mass is 9.89. The van der Waals surface area contributed by atoms with E-state index >= 15 is 0 Å². The molecule has 1 aromatic rings. The maximum atomic E-state index is 13.7. The van der Waals surface area contributed by atoms with Gasteiger partial charge in [-0.3, -0.25) is 0 Å². The molecule has 2 unspecified atom stereocenters. The number of nitrogens with two attached hydrogens (primary N) is 1. The molecule has 1 rings (SSSR count). The molecule has 0 amide bonds. The van der Waals surface area contributed by atoms with Gasteiger partial charge in [0.1, 0.15) is 0 Å². The molecule has 0 aliphatic heterocycles. The zero-order chi connectivity index (χ0) is 16.2. The van der Waals surface area contributed by atoms with E-state index in [1.165, 1.54) is 0 Å². The van der Waals surface area contributed by atoms with Crippen LogP contribution >= 0.6 is 0 Å². The van der Waals surface area contributed by atoms with Gasteiger partial charge in [0.2, 0.25) is 5.82 Å².